The standard InChI is InChI=1S/C16H25N3O2/c1-19(12-16(20)18-14-6-7-14)8-3-9-21-15-5-2-4-13(10-15)11-17/h2,4-5,10,14H,3,6-9,11-12,17H2,1H3,(H,18,20). The molecule has 0 saturated heterocycles. The van der Waals surface area contributed by atoms with Crippen LogP contribution in [0, 0.1) is 0 Å². The maximum Gasteiger partial charge on any atom is 0.234 e. The molecule has 3 N–H and O–H groups in total. The van der Waals surface area contributed by atoms with E-state index in [1.165, 1.54) is 0 Å². The Morgan fingerprint density at radius 2 is 2.29 bits per heavy atom. The van der Waals surface area contributed by atoms with E-state index in [0.29, 0.717) is 25.7 Å². The Morgan fingerprint density at radius 3 is 3.00 bits per heavy atom. The molecule has 0 spiro atoms. The molecule has 0 unspecified atom stereocenters. The second-order valence-corrected chi connectivity index (χ2v) is 5.63. The van der Waals surface area contributed by atoms with Gasteiger partial charge >= 0.3 is 0 Å². The molecule has 2 rings (SSSR count). The number of hydrogen-bond acceptors (Lipinski definition) is 4. The highest BCUT2D eigenvalue weighted by Crippen LogP contribution is 2.18. The van der Waals surface area contributed by atoms with E-state index < -0.39 is 0 Å². The monoisotopic (exact) mass is 291 g/mol. The van der Waals surface area contributed by atoms with Crippen molar-refractivity contribution in [2.24, 2.45) is 5.73 Å². The van der Waals surface area contributed by atoms with Crippen LogP contribution in [0.2, 0.25) is 0 Å². The fourth-order valence-electron chi connectivity index (χ4n) is 2.11. The lowest BCUT2D eigenvalue weighted by Crippen LogP contribution is -2.36. The molecule has 1 aliphatic rings. The number of nitrogens with two attached hydrogens (primary N) is 1. The summed E-state index contributed by atoms with van der Waals surface area (Å²) >= 11 is 0. The van der Waals surface area contributed by atoms with Crippen molar-refractivity contribution < 1.29 is 9.53 Å². The molecule has 0 radical (unpaired) electrons. The predicted octanol–water partition coefficient (Wildman–Crippen LogP) is 1.12. The molecule has 1 saturated carbocycles. The van der Waals surface area contributed by atoms with Gasteiger partial charge in [-0.25, -0.2) is 0 Å². The highest BCUT2D eigenvalue weighted by Gasteiger charge is 2.23. The molecule has 1 aromatic rings. The molecule has 0 heterocycles. The number of benzene rings is 1. The van der Waals surface area contributed by atoms with Crippen molar-refractivity contribution >= 4 is 5.91 Å². The maximum absolute atomic E-state index is 11.6. The molecule has 5 heteroatoms. The molecule has 116 valence electrons. The van der Waals surface area contributed by atoms with Gasteiger partial charge < -0.3 is 15.8 Å². The maximum atomic E-state index is 11.6. The first kappa shape index (κ1) is 15.8. The Balaban J connectivity index is 1.58. The molecular formula is C16H25N3O2. The van der Waals surface area contributed by atoms with Crippen LogP contribution >= 0.6 is 0 Å². The summed E-state index contributed by atoms with van der Waals surface area (Å²) in [6, 6.07) is 8.27. The van der Waals surface area contributed by atoms with Gasteiger partial charge in [-0.1, -0.05) is 12.1 Å². The minimum atomic E-state index is 0.122. The lowest BCUT2D eigenvalue weighted by Gasteiger charge is -2.16. The summed E-state index contributed by atoms with van der Waals surface area (Å²) in [5.74, 6) is 0.976. The topological polar surface area (TPSA) is 67.6 Å². The first-order chi connectivity index (χ1) is 10.2. The molecule has 1 fully saturated rings. The van der Waals surface area contributed by atoms with Gasteiger partial charge in [-0.2, -0.15) is 0 Å². The predicted molar refractivity (Wildman–Crippen MR) is 83.1 cm³/mol. The molecule has 0 aliphatic heterocycles. The number of amides is 1. The highest BCUT2D eigenvalue weighted by atomic mass is 16.5. The number of ether oxygens (including phenoxy) is 1. The van der Waals surface area contributed by atoms with Crippen molar-refractivity contribution in [3.05, 3.63) is 29.8 Å². The van der Waals surface area contributed by atoms with Crippen LogP contribution in [-0.2, 0) is 11.3 Å². The normalized spacial score (nSPS) is 14.2. The van der Waals surface area contributed by atoms with Crippen LogP contribution < -0.4 is 15.8 Å². The van der Waals surface area contributed by atoms with Crippen LogP contribution in [0.5, 0.6) is 5.75 Å². The Hall–Kier alpha value is -1.59. The number of rotatable bonds is 9. The van der Waals surface area contributed by atoms with Crippen LogP contribution in [0.25, 0.3) is 0 Å². The van der Waals surface area contributed by atoms with Crippen molar-refractivity contribution in [2.45, 2.75) is 31.8 Å². The molecule has 1 aromatic carbocycles. The zero-order chi connectivity index (χ0) is 15.1. The number of carbonyl (C=O) groups excluding carboxylic acids is 1. The van der Waals surface area contributed by atoms with Gasteiger partial charge in [0.05, 0.1) is 13.2 Å². The third-order valence-electron chi connectivity index (χ3n) is 3.44. The zero-order valence-electron chi connectivity index (χ0n) is 12.7. The molecule has 0 bridgehead atoms. The van der Waals surface area contributed by atoms with Gasteiger partial charge in [-0.15, -0.1) is 0 Å². The van der Waals surface area contributed by atoms with Crippen molar-refractivity contribution in [3.8, 4) is 5.75 Å². The summed E-state index contributed by atoms with van der Waals surface area (Å²) in [6.45, 7) is 2.46. The average molecular weight is 291 g/mol. The Bertz CT molecular complexity index is 461. The quantitative estimate of drug-likeness (QED) is 0.669. The van der Waals surface area contributed by atoms with E-state index in [-0.39, 0.29) is 5.91 Å². The summed E-state index contributed by atoms with van der Waals surface area (Å²) in [5, 5.41) is 2.99. The minimum absolute atomic E-state index is 0.122. The molecule has 21 heavy (non-hydrogen) atoms. The molecule has 5 nitrogen and oxygen atoms in total. The summed E-state index contributed by atoms with van der Waals surface area (Å²) in [5.41, 5.74) is 6.67. The van der Waals surface area contributed by atoms with Gasteiger partial charge in [-0.05, 0) is 44.0 Å². The van der Waals surface area contributed by atoms with Gasteiger partial charge in [0, 0.05) is 19.1 Å². The van der Waals surface area contributed by atoms with Crippen molar-refractivity contribution in [2.75, 3.05) is 26.7 Å². The second kappa shape index (κ2) is 8.00. The van der Waals surface area contributed by atoms with E-state index in [9.17, 15) is 4.79 Å². The molecule has 1 amide bonds. The van der Waals surface area contributed by atoms with E-state index >= 15 is 0 Å². The Labute approximate surface area is 126 Å². The number of nitrogens with one attached hydrogen (secondary N) is 1. The zero-order valence-corrected chi connectivity index (χ0v) is 12.7. The van der Waals surface area contributed by atoms with E-state index in [4.69, 9.17) is 10.5 Å². The summed E-state index contributed by atoms with van der Waals surface area (Å²) in [6.07, 6.45) is 3.15. The van der Waals surface area contributed by atoms with Gasteiger partial charge in [0.25, 0.3) is 0 Å². The van der Waals surface area contributed by atoms with Gasteiger partial charge in [0.15, 0.2) is 0 Å². The van der Waals surface area contributed by atoms with Crippen LogP contribution in [0.15, 0.2) is 24.3 Å². The lowest BCUT2D eigenvalue weighted by molar-refractivity contribution is -0.122. The van der Waals surface area contributed by atoms with Crippen LogP contribution in [0.4, 0.5) is 0 Å². The summed E-state index contributed by atoms with van der Waals surface area (Å²) in [7, 11) is 1.96. The fourth-order valence-corrected chi connectivity index (χ4v) is 2.11. The second-order valence-electron chi connectivity index (χ2n) is 5.63. The lowest BCUT2D eigenvalue weighted by atomic mass is 10.2. The van der Waals surface area contributed by atoms with Crippen molar-refractivity contribution in [1.29, 1.82) is 0 Å². The van der Waals surface area contributed by atoms with E-state index in [2.05, 4.69) is 5.32 Å². The average Bonchev–Trinajstić information content (AvgIpc) is 3.27. The number of likely N-dealkylation sites (N-methyl/N-ethyl adjacent to an activating group) is 1. The molecule has 0 atom stereocenters. The van der Waals surface area contributed by atoms with E-state index in [1.54, 1.807) is 0 Å². The van der Waals surface area contributed by atoms with E-state index in [1.807, 2.05) is 36.2 Å². The summed E-state index contributed by atoms with van der Waals surface area (Å²) < 4.78 is 5.70. The number of carbonyl (C=O) groups is 1. The highest BCUT2D eigenvalue weighted by molar-refractivity contribution is 5.78. The SMILES string of the molecule is CN(CCCOc1cccc(CN)c1)CC(=O)NC1CC1. The third-order valence-corrected chi connectivity index (χ3v) is 3.44. The first-order valence-corrected chi connectivity index (χ1v) is 7.57. The number of hydrogen-bond donors (Lipinski definition) is 2. The minimum Gasteiger partial charge on any atom is -0.494 e. The van der Waals surface area contributed by atoms with Gasteiger partial charge in [-0.3, -0.25) is 9.69 Å². The molecular weight excluding hydrogens is 266 g/mol. The third kappa shape index (κ3) is 6.14. The van der Waals surface area contributed by atoms with Gasteiger partial charge in [0.1, 0.15) is 5.75 Å². The smallest absolute Gasteiger partial charge is 0.234 e. The fraction of sp³-hybridized carbons (Fsp3) is 0.562. The Kier molecular flexibility index (Phi) is 6.02. The van der Waals surface area contributed by atoms with Gasteiger partial charge in [0.2, 0.25) is 5.91 Å². The van der Waals surface area contributed by atoms with Crippen molar-refractivity contribution in [3.63, 3.8) is 0 Å². The van der Waals surface area contributed by atoms with Crippen molar-refractivity contribution in [1.82, 2.24) is 10.2 Å². The largest absolute Gasteiger partial charge is 0.494 e. The van der Waals surface area contributed by atoms with E-state index in [0.717, 1.165) is 37.1 Å². The summed E-state index contributed by atoms with van der Waals surface area (Å²) in [4.78, 5) is 13.7. The molecule has 0 aromatic heterocycles. The molecule has 1 aliphatic carbocycles. The number of nitrogens with zero attached hydrogens (tertiary/aromatic N) is 1. The van der Waals surface area contributed by atoms with Crippen LogP contribution in [-0.4, -0.2) is 43.6 Å². The van der Waals surface area contributed by atoms with Crippen LogP contribution in [0.3, 0.4) is 0 Å². The Morgan fingerprint density at radius 1 is 1.48 bits per heavy atom. The first-order valence-electron chi connectivity index (χ1n) is 7.57. The van der Waals surface area contributed by atoms with Crippen LogP contribution in [0.1, 0.15) is 24.8 Å².